The first-order valence-corrected chi connectivity index (χ1v) is 5.72. The SMILES string of the molecule is COCCCCc1cccc2c1B(O)OC2. The summed E-state index contributed by atoms with van der Waals surface area (Å²) in [6, 6.07) is 6.12. The summed E-state index contributed by atoms with van der Waals surface area (Å²) in [7, 11) is 0.992. The largest absolute Gasteiger partial charge is 0.492 e. The van der Waals surface area contributed by atoms with Crippen LogP contribution in [0.5, 0.6) is 0 Å². The Morgan fingerprint density at radius 3 is 3.12 bits per heavy atom. The summed E-state index contributed by atoms with van der Waals surface area (Å²) < 4.78 is 10.2. The van der Waals surface area contributed by atoms with Gasteiger partial charge in [-0.25, -0.2) is 0 Å². The lowest BCUT2D eigenvalue weighted by molar-refractivity contribution is 0.193. The molecule has 0 aliphatic carbocycles. The van der Waals surface area contributed by atoms with Gasteiger partial charge in [0.15, 0.2) is 0 Å². The molecule has 86 valence electrons. The van der Waals surface area contributed by atoms with Crippen molar-refractivity contribution in [3.63, 3.8) is 0 Å². The van der Waals surface area contributed by atoms with Gasteiger partial charge in [0.25, 0.3) is 0 Å². The Kier molecular flexibility index (Phi) is 3.99. The molecule has 0 bridgehead atoms. The Morgan fingerprint density at radius 1 is 1.44 bits per heavy atom. The maximum atomic E-state index is 9.72. The van der Waals surface area contributed by atoms with E-state index in [1.54, 1.807) is 7.11 Å². The summed E-state index contributed by atoms with van der Waals surface area (Å²) in [5.41, 5.74) is 3.32. The Hall–Kier alpha value is -0.835. The summed E-state index contributed by atoms with van der Waals surface area (Å²) in [6.07, 6.45) is 3.11. The van der Waals surface area contributed by atoms with Crippen LogP contribution in [0.4, 0.5) is 0 Å². The number of methoxy groups -OCH3 is 1. The molecule has 0 fully saturated rings. The van der Waals surface area contributed by atoms with Crippen LogP contribution in [0.3, 0.4) is 0 Å². The quantitative estimate of drug-likeness (QED) is 0.591. The highest BCUT2D eigenvalue weighted by Crippen LogP contribution is 2.14. The molecule has 0 radical (unpaired) electrons. The molecule has 1 heterocycles. The highest BCUT2D eigenvalue weighted by molar-refractivity contribution is 6.62. The fourth-order valence-corrected chi connectivity index (χ4v) is 2.14. The Labute approximate surface area is 96.5 Å². The highest BCUT2D eigenvalue weighted by atomic mass is 16.5. The van der Waals surface area contributed by atoms with E-state index >= 15 is 0 Å². The summed E-state index contributed by atoms with van der Waals surface area (Å²) in [5, 5.41) is 9.72. The molecule has 1 aliphatic heterocycles. The number of aryl methyl sites for hydroxylation is 1. The van der Waals surface area contributed by atoms with Crippen LogP contribution in [0.2, 0.25) is 0 Å². The van der Waals surface area contributed by atoms with Crippen LogP contribution in [0, 0.1) is 0 Å². The van der Waals surface area contributed by atoms with Gasteiger partial charge in [-0.3, -0.25) is 0 Å². The van der Waals surface area contributed by atoms with Gasteiger partial charge in [-0.1, -0.05) is 18.2 Å². The molecule has 4 heteroatoms. The number of hydrogen-bond donors (Lipinski definition) is 1. The zero-order valence-corrected chi connectivity index (χ0v) is 9.61. The van der Waals surface area contributed by atoms with E-state index in [9.17, 15) is 5.02 Å². The number of fused-ring (bicyclic) bond motifs is 1. The lowest BCUT2D eigenvalue weighted by Crippen LogP contribution is -2.31. The molecule has 1 aliphatic rings. The molecule has 1 aromatic carbocycles. The third-order valence-corrected chi connectivity index (χ3v) is 2.97. The van der Waals surface area contributed by atoms with Crippen molar-refractivity contribution >= 4 is 12.6 Å². The van der Waals surface area contributed by atoms with E-state index in [2.05, 4.69) is 6.07 Å². The summed E-state index contributed by atoms with van der Waals surface area (Å²) in [4.78, 5) is 0. The normalized spacial score (nSPS) is 14.2. The second-order valence-electron chi connectivity index (χ2n) is 4.10. The van der Waals surface area contributed by atoms with Gasteiger partial charge in [-0.2, -0.15) is 0 Å². The number of unbranched alkanes of at least 4 members (excludes halogenated alkanes) is 1. The third kappa shape index (κ3) is 2.46. The van der Waals surface area contributed by atoms with E-state index in [0.29, 0.717) is 6.61 Å². The van der Waals surface area contributed by atoms with Crippen LogP contribution in [0.1, 0.15) is 24.0 Å². The van der Waals surface area contributed by atoms with E-state index in [-0.39, 0.29) is 0 Å². The molecular weight excluding hydrogens is 203 g/mol. The van der Waals surface area contributed by atoms with Crippen molar-refractivity contribution in [2.45, 2.75) is 25.9 Å². The molecule has 16 heavy (non-hydrogen) atoms. The predicted molar refractivity (Wildman–Crippen MR) is 63.7 cm³/mol. The van der Waals surface area contributed by atoms with Gasteiger partial charge in [-0.15, -0.1) is 0 Å². The van der Waals surface area contributed by atoms with E-state index in [4.69, 9.17) is 9.39 Å². The first kappa shape index (κ1) is 11.6. The topological polar surface area (TPSA) is 38.7 Å². The number of rotatable bonds is 5. The maximum Gasteiger partial charge on any atom is 0.492 e. The maximum absolute atomic E-state index is 9.72. The third-order valence-electron chi connectivity index (χ3n) is 2.97. The Balaban J connectivity index is 2.02. The van der Waals surface area contributed by atoms with Crippen LogP contribution in [0.15, 0.2) is 18.2 Å². The smallest absolute Gasteiger partial charge is 0.423 e. The fourth-order valence-electron chi connectivity index (χ4n) is 2.14. The van der Waals surface area contributed by atoms with Crippen molar-refractivity contribution in [3.05, 3.63) is 29.3 Å². The minimum atomic E-state index is -0.728. The lowest BCUT2D eigenvalue weighted by Gasteiger charge is -2.07. The molecule has 2 rings (SSSR count). The molecule has 1 aromatic rings. The molecule has 0 aromatic heterocycles. The molecule has 0 atom stereocenters. The molecule has 0 unspecified atom stereocenters. The molecule has 3 nitrogen and oxygen atoms in total. The molecule has 0 saturated heterocycles. The van der Waals surface area contributed by atoms with Gasteiger partial charge in [0.2, 0.25) is 0 Å². The van der Waals surface area contributed by atoms with Crippen LogP contribution >= 0.6 is 0 Å². The van der Waals surface area contributed by atoms with Crippen LogP contribution in [-0.4, -0.2) is 25.9 Å². The monoisotopic (exact) mass is 220 g/mol. The van der Waals surface area contributed by atoms with Gasteiger partial charge in [0.1, 0.15) is 0 Å². The second kappa shape index (κ2) is 5.48. The van der Waals surface area contributed by atoms with Gasteiger partial charge < -0.3 is 14.4 Å². The van der Waals surface area contributed by atoms with Gasteiger partial charge in [-0.05, 0) is 35.9 Å². The fraction of sp³-hybridized carbons (Fsp3) is 0.500. The second-order valence-corrected chi connectivity index (χ2v) is 4.10. The zero-order chi connectivity index (χ0) is 11.4. The van der Waals surface area contributed by atoms with Crippen molar-refractivity contribution in [2.24, 2.45) is 0 Å². The van der Waals surface area contributed by atoms with Gasteiger partial charge in [0.05, 0.1) is 6.61 Å². The van der Waals surface area contributed by atoms with E-state index in [1.165, 1.54) is 5.56 Å². The average molecular weight is 220 g/mol. The van der Waals surface area contributed by atoms with Crippen LogP contribution < -0.4 is 5.46 Å². The van der Waals surface area contributed by atoms with E-state index in [1.807, 2.05) is 12.1 Å². The van der Waals surface area contributed by atoms with Crippen molar-refractivity contribution in [1.82, 2.24) is 0 Å². The molecule has 0 saturated carbocycles. The molecular formula is C12H17BO3. The Bertz CT molecular complexity index is 354. The average Bonchev–Trinajstić information content (AvgIpc) is 2.68. The summed E-state index contributed by atoms with van der Waals surface area (Å²) in [6.45, 7) is 1.33. The lowest BCUT2D eigenvalue weighted by atomic mass is 9.75. The van der Waals surface area contributed by atoms with E-state index in [0.717, 1.165) is 36.9 Å². The van der Waals surface area contributed by atoms with Crippen LogP contribution in [0.25, 0.3) is 0 Å². The first-order chi connectivity index (χ1) is 7.83. The van der Waals surface area contributed by atoms with E-state index < -0.39 is 7.12 Å². The number of hydrogen-bond acceptors (Lipinski definition) is 3. The Morgan fingerprint density at radius 2 is 2.31 bits per heavy atom. The minimum absolute atomic E-state index is 0.530. The highest BCUT2D eigenvalue weighted by Gasteiger charge is 2.29. The van der Waals surface area contributed by atoms with Gasteiger partial charge in [0, 0.05) is 13.7 Å². The molecule has 0 spiro atoms. The minimum Gasteiger partial charge on any atom is -0.423 e. The number of benzene rings is 1. The predicted octanol–water partition coefficient (Wildman–Crippen LogP) is 0.873. The van der Waals surface area contributed by atoms with Crippen molar-refractivity contribution in [3.8, 4) is 0 Å². The zero-order valence-electron chi connectivity index (χ0n) is 9.61. The van der Waals surface area contributed by atoms with Gasteiger partial charge >= 0.3 is 7.12 Å². The summed E-state index contributed by atoms with van der Waals surface area (Å²) >= 11 is 0. The molecule has 0 amide bonds. The summed E-state index contributed by atoms with van der Waals surface area (Å²) in [5.74, 6) is 0. The number of ether oxygens (including phenoxy) is 1. The van der Waals surface area contributed by atoms with Crippen LogP contribution in [-0.2, 0) is 22.4 Å². The first-order valence-electron chi connectivity index (χ1n) is 5.72. The van der Waals surface area contributed by atoms with Crippen molar-refractivity contribution in [1.29, 1.82) is 0 Å². The molecule has 1 N–H and O–H groups in total. The standard InChI is InChI=1S/C12H17BO3/c1-15-8-3-2-5-10-6-4-7-11-9-16-13(14)12(10)11/h4,6-7,14H,2-3,5,8-9H2,1H3. The van der Waals surface area contributed by atoms with Crippen molar-refractivity contribution in [2.75, 3.05) is 13.7 Å². The van der Waals surface area contributed by atoms with Crippen molar-refractivity contribution < 1.29 is 14.4 Å².